The molecule has 0 amide bonds. The zero-order valence-corrected chi connectivity index (χ0v) is 18.7. The van der Waals surface area contributed by atoms with Gasteiger partial charge in [0.25, 0.3) is 5.56 Å². The molecule has 0 radical (unpaired) electrons. The third-order valence-corrected chi connectivity index (χ3v) is 7.68. The highest BCUT2D eigenvalue weighted by Gasteiger charge is 2.31. The Morgan fingerprint density at radius 1 is 1.03 bits per heavy atom. The topological polar surface area (TPSA) is 90.7 Å². The van der Waals surface area contributed by atoms with Gasteiger partial charge < -0.3 is 9.47 Å². The number of piperidine rings is 1. The lowest BCUT2D eigenvalue weighted by Crippen LogP contribution is -2.40. The number of fused-ring (bicyclic) bond motifs is 1. The molecule has 0 atom stereocenters. The number of sulfonamides is 1. The summed E-state index contributed by atoms with van der Waals surface area (Å²) in [4.78, 5) is 17.4. The van der Waals surface area contributed by atoms with Crippen molar-refractivity contribution in [3.05, 3.63) is 58.1 Å². The lowest BCUT2D eigenvalue weighted by Gasteiger charge is -2.32. The second-order valence-corrected chi connectivity index (χ2v) is 9.64. The number of ether oxygens (including phenoxy) is 2. The molecular weight excluding hydrogens is 442 g/mol. The number of hydrogen-bond donors (Lipinski definition) is 0. The van der Waals surface area contributed by atoms with E-state index in [-0.39, 0.29) is 16.5 Å². The van der Waals surface area contributed by atoms with Gasteiger partial charge in [-0.15, -0.1) is 0 Å². The third kappa shape index (κ3) is 4.00. The molecule has 3 aromatic rings. The number of nitrogens with zero attached hydrogens (tertiary/aromatic N) is 3. The van der Waals surface area contributed by atoms with E-state index < -0.39 is 10.0 Å². The van der Waals surface area contributed by atoms with Gasteiger partial charge in [-0.3, -0.25) is 9.36 Å². The first-order valence-electron chi connectivity index (χ1n) is 9.73. The first kappa shape index (κ1) is 21.6. The van der Waals surface area contributed by atoms with E-state index in [9.17, 15) is 13.2 Å². The number of hydrogen-bond acceptors (Lipinski definition) is 6. The zero-order chi connectivity index (χ0) is 22.2. The summed E-state index contributed by atoms with van der Waals surface area (Å²) in [6.45, 7) is 0.586. The summed E-state index contributed by atoms with van der Waals surface area (Å²) in [6, 6.07) is 9.41. The molecule has 0 spiro atoms. The predicted molar refractivity (Wildman–Crippen MR) is 118 cm³/mol. The van der Waals surface area contributed by atoms with E-state index in [0.717, 1.165) is 0 Å². The van der Waals surface area contributed by atoms with Gasteiger partial charge in [0.05, 0.1) is 36.3 Å². The molecule has 2 heterocycles. The number of rotatable bonds is 5. The monoisotopic (exact) mass is 463 g/mol. The van der Waals surface area contributed by atoms with E-state index in [4.69, 9.17) is 21.1 Å². The van der Waals surface area contributed by atoms with Gasteiger partial charge in [0.2, 0.25) is 10.0 Å². The lowest BCUT2D eigenvalue weighted by molar-refractivity contribution is 0.269. The van der Waals surface area contributed by atoms with Crippen LogP contribution in [-0.4, -0.2) is 49.6 Å². The van der Waals surface area contributed by atoms with Crippen LogP contribution in [0.15, 0.2) is 52.4 Å². The van der Waals surface area contributed by atoms with Crippen molar-refractivity contribution in [2.75, 3.05) is 27.3 Å². The normalized spacial score (nSPS) is 15.8. The van der Waals surface area contributed by atoms with Crippen LogP contribution in [0.3, 0.4) is 0 Å². The summed E-state index contributed by atoms with van der Waals surface area (Å²) in [5, 5.41) is 0.926. The third-order valence-electron chi connectivity index (χ3n) is 5.55. The van der Waals surface area contributed by atoms with Gasteiger partial charge in [-0.25, -0.2) is 13.4 Å². The number of methoxy groups -OCH3 is 2. The van der Waals surface area contributed by atoms with Crippen molar-refractivity contribution in [1.29, 1.82) is 0 Å². The maximum atomic E-state index is 13.1. The van der Waals surface area contributed by atoms with Gasteiger partial charge in [-0.1, -0.05) is 11.6 Å². The first-order valence-corrected chi connectivity index (χ1v) is 11.6. The Kier molecular flexibility index (Phi) is 5.92. The maximum Gasteiger partial charge on any atom is 0.261 e. The Bertz CT molecular complexity index is 1280. The van der Waals surface area contributed by atoms with Gasteiger partial charge in [-0.05, 0) is 43.2 Å². The number of aromatic nitrogens is 2. The molecule has 1 fully saturated rings. The van der Waals surface area contributed by atoms with E-state index in [2.05, 4.69) is 4.98 Å². The fraction of sp³-hybridized carbons (Fsp3) is 0.333. The smallest absolute Gasteiger partial charge is 0.261 e. The second kappa shape index (κ2) is 8.49. The van der Waals surface area contributed by atoms with E-state index in [1.807, 2.05) is 0 Å². The minimum atomic E-state index is -3.70. The van der Waals surface area contributed by atoms with E-state index in [1.54, 1.807) is 28.8 Å². The molecule has 1 aliphatic heterocycles. The van der Waals surface area contributed by atoms with Crippen molar-refractivity contribution in [3.8, 4) is 11.5 Å². The summed E-state index contributed by atoms with van der Waals surface area (Å²) in [5.41, 5.74) is 0.410. The van der Waals surface area contributed by atoms with Crippen LogP contribution in [0.2, 0.25) is 5.02 Å². The van der Waals surface area contributed by atoms with Crippen LogP contribution in [0.1, 0.15) is 18.9 Å². The van der Waals surface area contributed by atoms with Gasteiger partial charge in [-0.2, -0.15) is 4.31 Å². The zero-order valence-electron chi connectivity index (χ0n) is 17.1. The average molecular weight is 464 g/mol. The van der Waals surface area contributed by atoms with Crippen LogP contribution in [0.4, 0.5) is 0 Å². The summed E-state index contributed by atoms with van der Waals surface area (Å²) in [5.74, 6) is 0.814. The molecule has 1 aliphatic rings. The standard InChI is InChI=1S/C21H22ClN3O5S/c1-29-19-6-4-16(12-20(19)30-2)31(27,28)24-9-7-15(8-10-24)25-13-23-18-5-3-14(22)11-17(18)21(25)26/h3-6,11-13,15H,7-10H2,1-2H3. The van der Waals surface area contributed by atoms with Crippen LogP contribution >= 0.6 is 11.6 Å². The molecule has 2 aromatic carbocycles. The minimum absolute atomic E-state index is 0.139. The summed E-state index contributed by atoms with van der Waals surface area (Å²) in [7, 11) is -0.743. The molecule has 164 valence electrons. The SMILES string of the molecule is COc1ccc(S(=O)(=O)N2CCC(n3cnc4ccc(Cl)cc4c3=O)CC2)cc1OC. The van der Waals surface area contributed by atoms with Crippen LogP contribution in [0.5, 0.6) is 11.5 Å². The summed E-state index contributed by atoms with van der Waals surface area (Å²) < 4.78 is 39.6. The molecule has 4 rings (SSSR count). The predicted octanol–water partition coefficient (Wildman–Crippen LogP) is 3.09. The molecule has 8 nitrogen and oxygen atoms in total. The van der Waals surface area contributed by atoms with Crippen LogP contribution in [-0.2, 0) is 10.0 Å². The molecule has 1 saturated heterocycles. The van der Waals surface area contributed by atoms with E-state index in [0.29, 0.717) is 53.4 Å². The van der Waals surface area contributed by atoms with Crippen molar-refractivity contribution in [2.24, 2.45) is 0 Å². The highest BCUT2D eigenvalue weighted by molar-refractivity contribution is 7.89. The van der Waals surface area contributed by atoms with E-state index in [1.165, 1.54) is 37.0 Å². The maximum absolute atomic E-state index is 13.1. The molecular formula is C21H22ClN3O5S. The summed E-state index contributed by atoms with van der Waals surface area (Å²) >= 11 is 6.03. The molecule has 0 unspecified atom stereocenters. The van der Waals surface area contributed by atoms with Crippen molar-refractivity contribution >= 4 is 32.5 Å². The first-order chi connectivity index (χ1) is 14.8. The van der Waals surface area contributed by atoms with Crippen LogP contribution in [0.25, 0.3) is 10.9 Å². The molecule has 1 aromatic heterocycles. The lowest BCUT2D eigenvalue weighted by atomic mass is 10.1. The molecule has 31 heavy (non-hydrogen) atoms. The Hall–Kier alpha value is -2.62. The average Bonchev–Trinajstić information content (AvgIpc) is 2.79. The van der Waals surface area contributed by atoms with Crippen molar-refractivity contribution in [2.45, 2.75) is 23.8 Å². The molecule has 0 aliphatic carbocycles. The second-order valence-electron chi connectivity index (χ2n) is 7.27. The van der Waals surface area contributed by atoms with Crippen molar-refractivity contribution in [1.82, 2.24) is 13.9 Å². The molecule has 10 heteroatoms. The van der Waals surface area contributed by atoms with Crippen LogP contribution < -0.4 is 15.0 Å². The fourth-order valence-electron chi connectivity index (χ4n) is 3.85. The number of benzene rings is 2. The highest BCUT2D eigenvalue weighted by Crippen LogP contribution is 2.32. The Balaban J connectivity index is 1.55. The molecule has 0 bridgehead atoms. The Labute approximate surface area is 185 Å². The van der Waals surface area contributed by atoms with Crippen molar-refractivity contribution in [3.63, 3.8) is 0 Å². The molecule has 0 N–H and O–H groups in total. The largest absolute Gasteiger partial charge is 0.493 e. The van der Waals surface area contributed by atoms with Gasteiger partial charge in [0, 0.05) is 30.2 Å². The van der Waals surface area contributed by atoms with Gasteiger partial charge >= 0.3 is 0 Å². The van der Waals surface area contributed by atoms with E-state index >= 15 is 0 Å². The van der Waals surface area contributed by atoms with Crippen LogP contribution in [0, 0.1) is 0 Å². The van der Waals surface area contributed by atoms with Gasteiger partial charge in [0.1, 0.15) is 0 Å². The van der Waals surface area contributed by atoms with Crippen molar-refractivity contribution < 1.29 is 17.9 Å². The fourth-order valence-corrected chi connectivity index (χ4v) is 5.51. The number of halogens is 1. The van der Waals surface area contributed by atoms with Gasteiger partial charge in [0.15, 0.2) is 11.5 Å². The quantitative estimate of drug-likeness (QED) is 0.577. The summed E-state index contributed by atoms with van der Waals surface area (Å²) in [6.07, 6.45) is 2.53. The minimum Gasteiger partial charge on any atom is -0.493 e. The highest BCUT2D eigenvalue weighted by atomic mass is 35.5. The Morgan fingerprint density at radius 3 is 2.42 bits per heavy atom. The Morgan fingerprint density at radius 2 is 1.74 bits per heavy atom. The molecule has 0 saturated carbocycles.